The van der Waals surface area contributed by atoms with E-state index in [1.807, 2.05) is 0 Å². The average Bonchev–Trinajstić information content (AvgIpc) is 2.88. The van der Waals surface area contributed by atoms with Gasteiger partial charge in [-0.3, -0.25) is 4.79 Å². The van der Waals surface area contributed by atoms with Gasteiger partial charge in [-0.2, -0.15) is 5.26 Å². The summed E-state index contributed by atoms with van der Waals surface area (Å²) in [6, 6.07) is 2.36. The molecular formula is C23H33NO2. The number of hydrogen-bond acceptors (Lipinski definition) is 3. The number of ketones is 1. The summed E-state index contributed by atoms with van der Waals surface area (Å²) in [5.74, 6) is 2.50. The molecule has 0 aromatic carbocycles. The molecular weight excluding hydrogens is 322 g/mol. The molecule has 0 amide bonds. The number of nitrogens with zero attached hydrogens (tertiary/aromatic N) is 1. The Morgan fingerprint density at radius 3 is 2.77 bits per heavy atom. The smallest absolute Gasteiger partial charge is 0.133 e. The maximum atomic E-state index is 12.5. The molecule has 3 heteroatoms. The van der Waals surface area contributed by atoms with Crippen molar-refractivity contribution < 1.29 is 9.90 Å². The highest BCUT2D eigenvalue weighted by Gasteiger charge is 2.61. The van der Waals surface area contributed by atoms with Gasteiger partial charge >= 0.3 is 0 Å². The Bertz CT molecular complexity index is 676. The molecule has 0 aliphatic heterocycles. The van der Waals surface area contributed by atoms with Crippen LogP contribution < -0.4 is 0 Å². The standard InChI is InChI=1S/C23H33NO2/c1-14(25)21-15(8-11-24)12-20-18-5-4-16-13-17(26)6-9-22(16,2)19(18)7-10-23(20,21)3/h4,15,17-21,26H,5-10,12-13H2,1-3H3/t15?,17-,18+,19-,20-,21-,22-,23-/m0/s1. The highest BCUT2D eigenvalue weighted by molar-refractivity contribution is 5.80. The van der Waals surface area contributed by atoms with Gasteiger partial charge in [0.05, 0.1) is 12.2 Å². The van der Waals surface area contributed by atoms with E-state index in [4.69, 9.17) is 0 Å². The van der Waals surface area contributed by atoms with Gasteiger partial charge in [0.15, 0.2) is 0 Å². The van der Waals surface area contributed by atoms with E-state index in [0.29, 0.717) is 30.0 Å². The van der Waals surface area contributed by atoms with Crippen molar-refractivity contribution >= 4 is 5.78 Å². The van der Waals surface area contributed by atoms with Gasteiger partial charge in [-0.1, -0.05) is 25.5 Å². The fourth-order valence-corrected chi connectivity index (χ4v) is 7.94. The quantitative estimate of drug-likeness (QED) is 0.733. The fourth-order valence-electron chi connectivity index (χ4n) is 7.94. The number of carbonyl (C=O) groups excluding carboxylic acids is 1. The van der Waals surface area contributed by atoms with Gasteiger partial charge in [-0.15, -0.1) is 0 Å². The first-order chi connectivity index (χ1) is 12.3. The lowest BCUT2D eigenvalue weighted by Gasteiger charge is -2.57. The van der Waals surface area contributed by atoms with Crippen molar-refractivity contribution in [2.75, 3.05) is 0 Å². The van der Waals surface area contributed by atoms with Crippen LogP contribution in [0.1, 0.15) is 72.1 Å². The molecule has 0 aromatic rings. The molecule has 1 N–H and O–H groups in total. The van der Waals surface area contributed by atoms with Gasteiger partial charge < -0.3 is 5.11 Å². The summed E-state index contributed by atoms with van der Waals surface area (Å²) in [7, 11) is 0. The predicted octanol–water partition coefficient (Wildman–Crippen LogP) is 4.66. The van der Waals surface area contributed by atoms with Gasteiger partial charge in [-0.25, -0.2) is 0 Å². The van der Waals surface area contributed by atoms with E-state index in [9.17, 15) is 15.2 Å². The number of nitriles is 1. The van der Waals surface area contributed by atoms with E-state index >= 15 is 0 Å². The van der Waals surface area contributed by atoms with Crippen molar-refractivity contribution in [3.05, 3.63) is 11.6 Å². The van der Waals surface area contributed by atoms with Crippen molar-refractivity contribution in [2.45, 2.75) is 78.2 Å². The van der Waals surface area contributed by atoms with Crippen LogP contribution in [0.5, 0.6) is 0 Å². The highest BCUT2D eigenvalue weighted by Crippen LogP contribution is 2.67. The molecule has 142 valence electrons. The monoisotopic (exact) mass is 355 g/mol. The van der Waals surface area contributed by atoms with Crippen molar-refractivity contribution in [3.63, 3.8) is 0 Å². The Hall–Kier alpha value is -1.14. The zero-order valence-electron chi connectivity index (χ0n) is 16.5. The molecule has 4 rings (SSSR count). The van der Waals surface area contributed by atoms with Gasteiger partial charge in [0, 0.05) is 12.3 Å². The molecule has 0 heterocycles. The molecule has 8 atom stereocenters. The van der Waals surface area contributed by atoms with Crippen LogP contribution >= 0.6 is 0 Å². The van der Waals surface area contributed by atoms with Gasteiger partial charge in [0.1, 0.15) is 5.78 Å². The Kier molecular flexibility index (Phi) is 4.35. The number of rotatable bonds is 2. The lowest BCUT2D eigenvalue weighted by atomic mass is 9.47. The van der Waals surface area contributed by atoms with Gasteiger partial charge in [0.25, 0.3) is 0 Å². The van der Waals surface area contributed by atoms with Crippen molar-refractivity contribution in [1.29, 1.82) is 5.26 Å². The van der Waals surface area contributed by atoms with Crippen LogP contribution in [0.3, 0.4) is 0 Å². The van der Waals surface area contributed by atoms with Crippen molar-refractivity contribution in [1.82, 2.24) is 0 Å². The normalized spacial score (nSPS) is 50.0. The minimum absolute atomic E-state index is 0.0689. The van der Waals surface area contributed by atoms with Crippen LogP contribution in [0.4, 0.5) is 0 Å². The van der Waals surface area contributed by atoms with Gasteiger partial charge in [-0.05, 0) is 86.4 Å². The SMILES string of the molecule is CC(=O)[C@H]1C(CC#N)C[C@H]2[C@@H]3CC=C4C[C@@H](O)CC[C@]4(C)[C@H]3CC[C@]12C. The average molecular weight is 356 g/mol. The second kappa shape index (κ2) is 6.20. The zero-order valence-corrected chi connectivity index (χ0v) is 16.5. The van der Waals surface area contributed by atoms with Gasteiger partial charge in [0.2, 0.25) is 0 Å². The summed E-state index contributed by atoms with van der Waals surface area (Å²) in [6.07, 6.45) is 10.2. The largest absolute Gasteiger partial charge is 0.393 e. The molecule has 1 unspecified atom stereocenters. The molecule has 0 saturated heterocycles. The molecule has 4 aliphatic carbocycles. The highest BCUT2D eigenvalue weighted by atomic mass is 16.3. The number of aliphatic hydroxyl groups is 1. The number of aliphatic hydroxyl groups excluding tert-OH is 1. The molecule has 0 spiro atoms. The Morgan fingerprint density at radius 2 is 2.08 bits per heavy atom. The van der Waals surface area contributed by atoms with Crippen LogP contribution in [0, 0.1) is 51.8 Å². The first-order valence-electron chi connectivity index (χ1n) is 10.6. The molecule has 26 heavy (non-hydrogen) atoms. The summed E-state index contributed by atoms with van der Waals surface area (Å²) in [4.78, 5) is 12.5. The number of fused-ring (bicyclic) bond motifs is 5. The number of allylic oxidation sites excluding steroid dienone is 1. The van der Waals surface area contributed by atoms with Crippen LogP contribution in [0.15, 0.2) is 11.6 Å². The van der Waals surface area contributed by atoms with E-state index in [1.54, 1.807) is 6.92 Å². The Labute approximate surface area is 157 Å². The topological polar surface area (TPSA) is 61.1 Å². The van der Waals surface area contributed by atoms with E-state index in [0.717, 1.165) is 38.5 Å². The van der Waals surface area contributed by atoms with E-state index < -0.39 is 0 Å². The lowest BCUT2D eigenvalue weighted by Crippen LogP contribution is -2.51. The summed E-state index contributed by atoms with van der Waals surface area (Å²) in [6.45, 7) is 6.54. The Morgan fingerprint density at radius 1 is 1.31 bits per heavy atom. The third-order valence-corrected chi connectivity index (χ3v) is 9.05. The van der Waals surface area contributed by atoms with Crippen molar-refractivity contribution in [2.24, 2.45) is 40.4 Å². The predicted molar refractivity (Wildman–Crippen MR) is 101 cm³/mol. The molecule has 3 nitrogen and oxygen atoms in total. The van der Waals surface area contributed by atoms with E-state index in [1.165, 1.54) is 12.0 Å². The molecule has 3 saturated carbocycles. The molecule has 0 bridgehead atoms. The van der Waals surface area contributed by atoms with E-state index in [2.05, 4.69) is 26.0 Å². The second-order valence-corrected chi connectivity index (χ2v) is 10.1. The number of carbonyl (C=O) groups is 1. The Balaban J connectivity index is 1.68. The first-order valence-corrected chi connectivity index (χ1v) is 10.6. The van der Waals surface area contributed by atoms with Crippen LogP contribution in [-0.2, 0) is 4.79 Å². The second-order valence-electron chi connectivity index (χ2n) is 10.1. The first kappa shape index (κ1) is 18.2. The minimum Gasteiger partial charge on any atom is -0.393 e. The number of hydrogen-bond donors (Lipinski definition) is 1. The summed E-state index contributed by atoms with van der Waals surface area (Å²) in [5, 5.41) is 19.4. The van der Waals surface area contributed by atoms with Crippen LogP contribution in [0.2, 0.25) is 0 Å². The minimum atomic E-state index is -0.159. The summed E-state index contributed by atoms with van der Waals surface area (Å²) in [5.41, 5.74) is 1.81. The number of Topliss-reactive ketones (excluding diaryl/α,β-unsaturated/α-hetero) is 1. The molecule has 3 fully saturated rings. The summed E-state index contributed by atoms with van der Waals surface area (Å²) < 4.78 is 0. The maximum absolute atomic E-state index is 12.5. The third-order valence-electron chi connectivity index (χ3n) is 9.05. The van der Waals surface area contributed by atoms with E-state index in [-0.39, 0.29) is 28.8 Å². The summed E-state index contributed by atoms with van der Waals surface area (Å²) >= 11 is 0. The molecule has 4 aliphatic rings. The lowest BCUT2D eigenvalue weighted by molar-refractivity contribution is -0.128. The fraction of sp³-hybridized carbons (Fsp3) is 0.826. The third kappa shape index (κ3) is 2.44. The molecule has 0 radical (unpaired) electrons. The van der Waals surface area contributed by atoms with Crippen LogP contribution in [-0.4, -0.2) is 17.0 Å². The zero-order chi connectivity index (χ0) is 18.7. The van der Waals surface area contributed by atoms with Crippen molar-refractivity contribution in [3.8, 4) is 6.07 Å². The molecule has 0 aromatic heterocycles. The van der Waals surface area contributed by atoms with Crippen LogP contribution in [0.25, 0.3) is 0 Å². The maximum Gasteiger partial charge on any atom is 0.133 e.